The minimum atomic E-state index is 0.633. The van der Waals surface area contributed by atoms with Gasteiger partial charge in [-0.15, -0.1) is 11.8 Å². The molecule has 0 bridgehead atoms. The average molecular weight is 328 g/mol. The zero-order chi connectivity index (χ0) is 16.2. The van der Waals surface area contributed by atoms with Gasteiger partial charge < -0.3 is 14.2 Å². The zero-order valence-corrected chi connectivity index (χ0v) is 13.9. The summed E-state index contributed by atoms with van der Waals surface area (Å²) < 4.78 is 16.6. The summed E-state index contributed by atoms with van der Waals surface area (Å²) in [5.74, 6) is 2.63. The number of methoxy groups -OCH3 is 2. The lowest BCUT2D eigenvalue weighted by molar-refractivity contribution is 0.355. The number of benzene rings is 1. The number of nitrogens with zero attached hydrogens (tertiary/aromatic N) is 2. The van der Waals surface area contributed by atoms with Crippen molar-refractivity contribution >= 4 is 22.7 Å². The number of hydrogen-bond donors (Lipinski definition) is 0. The van der Waals surface area contributed by atoms with Crippen molar-refractivity contribution in [3.63, 3.8) is 0 Å². The van der Waals surface area contributed by atoms with Gasteiger partial charge in [0.25, 0.3) is 0 Å². The molecule has 1 aromatic carbocycles. The molecule has 3 rings (SSSR count). The van der Waals surface area contributed by atoms with Gasteiger partial charge in [0.05, 0.1) is 31.0 Å². The maximum absolute atomic E-state index is 5.96. The molecule has 3 aromatic rings. The van der Waals surface area contributed by atoms with Gasteiger partial charge in [-0.05, 0) is 30.5 Å². The first-order valence-corrected chi connectivity index (χ1v) is 8.16. The Morgan fingerprint density at radius 1 is 0.913 bits per heavy atom. The van der Waals surface area contributed by atoms with Crippen molar-refractivity contribution < 1.29 is 14.2 Å². The number of hydrogen-bond acceptors (Lipinski definition) is 6. The quantitative estimate of drug-likeness (QED) is 0.656. The van der Waals surface area contributed by atoms with Crippen molar-refractivity contribution in [1.82, 2.24) is 9.97 Å². The first kappa shape index (κ1) is 15.4. The van der Waals surface area contributed by atoms with E-state index in [1.165, 1.54) is 0 Å². The maximum atomic E-state index is 5.96. The molecule has 0 aliphatic carbocycles. The summed E-state index contributed by atoms with van der Waals surface area (Å²) in [5.41, 5.74) is 0.772. The van der Waals surface area contributed by atoms with E-state index in [1.807, 2.05) is 36.6 Å². The molecule has 0 radical (unpaired) electrons. The summed E-state index contributed by atoms with van der Waals surface area (Å²) in [4.78, 5) is 8.67. The molecule has 118 valence electrons. The third-order valence-corrected chi connectivity index (χ3v) is 4.01. The van der Waals surface area contributed by atoms with Crippen LogP contribution in [0.5, 0.6) is 23.0 Å². The standard InChI is InChI=1S/C17H16N2O3S/c1-20-15-8-12-13(9-16(15)21-2)18-7-6-14(12)22-11-4-5-17(23-3)19-10-11/h4-10H,1-3H3. The van der Waals surface area contributed by atoms with E-state index >= 15 is 0 Å². The van der Waals surface area contributed by atoms with Gasteiger partial charge in [-0.3, -0.25) is 4.98 Å². The number of rotatable bonds is 5. The number of ether oxygens (including phenoxy) is 3. The van der Waals surface area contributed by atoms with Gasteiger partial charge in [0.2, 0.25) is 0 Å². The molecule has 0 atom stereocenters. The third kappa shape index (κ3) is 3.17. The van der Waals surface area contributed by atoms with Gasteiger partial charge in [0.15, 0.2) is 11.5 Å². The molecular weight excluding hydrogens is 312 g/mol. The van der Waals surface area contributed by atoms with Gasteiger partial charge in [0, 0.05) is 17.6 Å². The van der Waals surface area contributed by atoms with E-state index in [4.69, 9.17) is 14.2 Å². The highest BCUT2D eigenvalue weighted by Gasteiger charge is 2.11. The second-order valence-electron chi connectivity index (χ2n) is 4.67. The molecule has 2 heterocycles. The van der Waals surface area contributed by atoms with Crippen LogP contribution in [-0.4, -0.2) is 30.4 Å². The van der Waals surface area contributed by atoms with Crippen molar-refractivity contribution in [3.8, 4) is 23.0 Å². The molecule has 6 heteroatoms. The predicted octanol–water partition coefficient (Wildman–Crippen LogP) is 4.16. The lowest BCUT2D eigenvalue weighted by atomic mass is 10.2. The first-order valence-electron chi connectivity index (χ1n) is 6.94. The zero-order valence-electron chi connectivity index (χ0n) is 13.1. The SMILES string of the molecule is COc1cc2nccc(Oc3ccc(SC)nc3)c2cc1OC. The Balaban J connectivity index is 2.02. The second kappa shape index (κ2) is 6.75. The van der Waals surface area contributed by atoms with Crippen molar-refractivity contribution in [3.05, 3.63) is 42.7 Å². The highest BCUT2D eigenvalue weighted by Crippen LogP contribution is 2.36. The maximum Gasteiger partial charge on any atom is 0.162 e. The highest BCUT2D eigenvalue weighted by molar-refractivity contribution is 7.98. The van der Waals surface area contributed by atoms with E-state index in [1.54, 1.807) is 38.4 Å². The Kier molecular flexibility index (Phi) is 4.52. The summed E-state index contributed by atoms with van der Waals surface area (Å²) in [5, 5.41) is 1.79. The fraction of sp³-hybridized carbons (Fsp3) is 0.176. The minimum absolute atomic E-state index is 0.633. The molecule has 0 amide bonds. The largest absolute Gasteiger partial charge is 0.493 e. The molecular formula is C17H16N2O3S. The molecule has 0 aliphatic rings. The molecule has 0 N–H and O–H groups in total. The molecule has 5 nitrogen and oxygen atoms in total. The van der Waals surface area contributed by atoms with Crippen molar-refractivity contribution in [2.24, 2.45) is 0 Å². The molecule has 0 spiro atoms. The second-order valence-corrected chi connectivity index (χ2v) is 5.50. The molecule has 2 aromatic heterocycles. The smallest absolute Gasteiger partial charge is 0.162 e. The van der Waals surface area contributed by atoms with Gasteiger partial charge in [0.1, 0.15) is 11.5 Å². The van der Waals surface area contributed by atoms with E-state index in [0.29, 0.717) is 23.0 Å². The Hall–Kier alpha value is -2.47. The molecule has 0 unspecified atom stereocenters. The summed E-state index contributed by atoms with van der Waals surface area (Å²) in [6.07, 6.45) is 5.39. The minimum Gasteiger partial charge on any atom is -0.493 e. The van der Waals surface area contributed by atoms with E-state index in [0.717, 1.165) is 15.9 Å². The van der Waals surface area contributed by atoms with Gasteiger partial charge in [-0.25, -0.2) is 4.98 Å². The monoisotopic (exact) mass is 328 g/mol. The normalized spacial score (nSPS) is 10.6. The molecule has 0 fully saturated rings. The van der Waals surface area contributed by atoms with E-state index in [2.05, 4.69) is 9.97 Å². The van der Waals surface area contributed by atoms with Gasteiger partial charge >= 0.3 is 0 Å². The summed E-state index contributed by atoms with van der Waals surface area (Å²) in [7, 11) is 3.20. The van der Waals surface area contributed by atoms with Crippen molar-refractivity contribution in [2.75, 3.05) is 20.5 Å². The molecule has 0 saturated heterocycles. The highest BCUT2D eigenvalue weighted by atomic mass is 32.2. The lowest BCUT2D eigenvalue weighted by Gasteiger charge is -2.12. The first-order chi connectivity index (χ1) is 11.2. The average Bonchev–Trinajstić information content (AvgIpc) is 2.61. The van der Waals surface area contributed by atoms with Crippen LogP contribution in [0.1, 0.15) is 0 Å². The fourth-order valence-electron chi connectivity index (χ4n) is 2.21. The van der Waals surface area contributed by atoms with E-state index < -0.39 is 0 Å². The van der Waals surface area contributed by atoms with Crippen LogP contribution in [0.3, 0.4) is 0 Å². The van der Waals surface area contributed by atoms with Crippen LogP contribution in [0.15, 0.2) is 47.8 Å². The number of pyridine rings is 2. The van der Waals surface area contributed by atoms with Crippen LogP contribution in [0.2, 0.25) is 0 Å². The van der Waals surface area contributed by atoms with Gasteiger partial charge in [-0.2, -0.15) is 0 Å². The topological polar surface area (TPSA) is 53.5 Å². The Labute approximate surface area is 138 Å². The van der Waals surface area contributed by atoms with Crippen LogP contribution >= 0.6 is 11.8 Å². The summed E-state index contributed by atoms with van der Waals surface area (Å²) in [6.45, 7) is 0. The number of fused-ring (bicyclic) bond motifs is 1. The fourth-order valence-corrected chi connectivity index (χ4v) is 2.57. The molecule has 0 aliphatic heterocycles. The Morgan fingerprint density at radius 2 is 1.70 bits per heavy atom. The summed E-state index contributed by atoms with van der Waals surface area (Å²) in [6, 6.07) is 9.33. The molecule has 23 heavy (non-hydrogen) atoms. The van der Waals surface area contributed by atoms with E-state index in [9.17, 15) is 0 Å². The van der Waals surface area contributed by atoms with Crippen LogP contribution in [0, 0.1) is 0 Å². The number of thioether (sulfide) groups is 1. The van der Waals surface area contributed by atoms with Gasteiger partial charge in [-0.1, -0.05) is 0 Å². The Morgan fingerprint density at radius 3 is 2.35 bits per heavy atom. The number of aromatic nitrogens is 2. The van der Waals surface area contributed by atoms with Crippen LogP contribution in [0.4, 0.5) is 0 Å². The van der Waals surface area contributed by atoms with Crippen LogP contribution in [0.25, 0.3) is 10.9 Å². The van der Waals surface area contributed by atoms with Crippen molar-refractivity contribution in [1.29, 1.82) is 0 Å². The van der Waals surface area contributed by atoms with Crippen LogP contribution < -0.4 is 14.2 Å². The third-order valence-electron chi connectivity index (χ3n) is 3.35. The predicted molar refractivity (Wildman–Crippen MR) is 90.9 cm³/mol. The van der Waals surface area contributed by atoms with Crippen LogP contribution in [-0.2, 0) is 0 Å². The van der Waals surface area contributed by atoms with E-state index in [-0.39, 0.29) is 0 Å². The molecule has 0 saturated carbocycles. The van der Waals surface area contributed by atoms with Crippen molar-refractivity contribution in [2.45, 2.75) is 5.03 Å². The summed E-state index contributed by atoms with van der Waals surface area (Å²) >= 11 is 1.59. The lowest BCUT2D eigenvalue weighted by Crippen LogP contribution is -1.93. The Bertz CT molecular complexity index is 822.